The Morgan fingerprint density at radius 3 is 2.59 bits per heavy atom. The van der Waals surface area contributed by atoms with Crippen molar-refractivity contribution in [3.05, 3.63) is 71.4 Å². The van der Waals surface area contributed by atoms with Crippen LogP contribution >= 0.6 is 7.60 Å². The Balaban J connectivity index is 1.43. The van der Waals surface area contributed by atoms with Crippen molar-refractivity contribution in [2.75, 3.05) is 37.4 Å². The minimum Gasteiger partial charge on any atom is -0.371 e. The largest absolute Gasteiger partial charge is 0.371 e. The molecule has 1 aromatic heterocycles. The number of unbranched alkanes of at least 4 members (excludes halogenated alkanes) is 2. The summed E-state index contributed by atoms with van der Waals surface area (Å²) in [7, 11) is -3.03. The lowest BCUT2D eigenvalue weighted by molar-refractivity contribution is -0.671. The molecule has 0 unspecified atom stereocenters. The molecule has 7 heteroatoms. The first-order chi connectivity index (χ1) is 19.9. The highest BCUT2D eigenvalue weighted by Gasteiger charge is 2.24. The van der Waals surface area contributed by atoms with E-state index in [1.54, 1.807) is 6.92 Å². The van der Waals surface area contributed by atoms with Gasteiger partial charge < -0.3 is 18.7 Å². The van der Waals surface area contributed by atoms with Crippen LogP contribution < -0.4 is 9.47 Å². The van der Waals surface area contributed by atoms with E-state index < -0.39 is 7.60 Å². The van der Waals surface area contributed by atoms with Crippen molar-refractivity contribution < 1.29 is 23.0 Å². The fraction of sp³-hybridized carbons (Fsp3) is 0.471. The van der Waals surface area contributed by atoms with Crippen LogP contribution in [0.5, 0.6) is 0 Å². The van der Waals surface area contributed by atoms with Crippen molar-refractivity contribution in [1.82, 2.24) is 0 Å². The number of anilines is 1. The third kappa shape index (κ3) is 8.85. The lowest BCUT2D eigenvalue weighted by Crippen LogP contribution is -2.34. The van der Waals surface area contributed by atoms with E-state index in [2.05, 4.69) is 76.3 Å². The lowest BCUT2D eigenvalue weighted by atomic mass is 9.98. The van der Waals surface area contributed by atoms with Gasteiger partial charge in [0, 0.05) is 43.8 Å². The summed E-state index contributed by atoms with van der Waals surface area (Å²) in [6.45, 7) is 9.07. The number of benzene rings is 2. The highest BCUT2D eigenvalue weighted by molar-refractivity contribution is 7.53. The normalized spacial score (nSPS) is 13.7. The van der Waals surface area contributed by atoms with Crippen molar-refractivity contribution in [1.29, 1.82) is 0 Å². The maximum Gasteiger partial charge on any atom is 0.330 e. The summed E-state index contributed by atoms with van der Waals surface area (Å²) < 4.78 is 26.0. The molecule has 1 aliphatic heterocycles. The molecule has 0 fully saturated rings. The molecule has 4 rings (SSSR count). The average Bonchev–Trinajstić information content (AvgIpc) is 2.96. The van der Waals surface area contributed by atoms with Gasteiger partial charge in [-0.25, -0.2) is 0 Å². The number of fused-ring (bicyclic) bond motifs is 2. The summed E-state index contributed by atoms with van der Waals surface area (Å²) in [4.78, 5) is 13.7. The number of pyridine rings is 1. The van der Waals surface area contributed by atoms with Gasteiger partial charge in [0.15, 0.2) is 6.20 Å². The molecule has 2 aromatic carbocycles. The number of hydrogen-bond donors (Lipinski definition) is 0. The second kappa shape index (κ2) is 15.4. The molecule has 2 heterocycles. The monoisotopic (exact) mass is 577 g/mol. The first-order valence-corrected chi connectivity index (χ1v) is 17.0. The Labute approximate surface area is 245 Å². The second-order valence-corrected chi connectivity index (χ2v) is 13.0. The van der Waals surface area contributed by atoms with Crippen LogP contribution in [0.4, 0.5) is 5.69 Å². The molecule has 0 saturated heterocycles. The Morgan fingerprint density at radius 2 is 1.80 bits per heavy atom. The van der Waals surface area contributed by atoms with Crippen molar-refractivity contribution in [3.8, 4) is 0 Å². The van der Waals surface area contributed by atoms with Crippen LogP contribution in [0.15, 0.2) is 54.7 Å². The van der Waals surface area contributed by atoms with Crippen molar-refractivity contribution in [2.24, 2.45) is 0 Å². The van der Waals surface area contributed by atoms with Gasteiger partial charge in [0.25, 0.3) is 0 Å². The van der Waals surface area contributed by atoms with E-state index in [1.807, 2.05) is 13.8 Å². The summed E-state index contributed by atoms with van der Waals surface area (Å²) in [5.74, 6) is 0.292. The van der Waals surface area contributed by atoms with Gasteiger partial charge in [-0.2, -0.15) is 4.57 Å². The van der Waals surface area contributed by atoms with Gasteiger partial charge in [-0.3, -0.25) is 4.57 Å². The van der Waals surface area contributed by atoms with E-state index in [0.717, 1.165) is 50.8 Å². The first kappa shape index (κ1) is 31.2. The van der Waals surface area contributed by atoms with Crippen LogP contribution in [0.25, 0.3) is 23.1 Å². The zero-order valence-electron chi connectivity index (χ0n) is 25.0. The van der Waals surface area contributed by atoms with Crippen LogP contribution in [0.2, 0.25) is 0 Å². The lowest BCUT2D eigenvalue weighted by Gasteiger charge is -2.31. The Kier molecular flexibility index (Phi) is 11.7. The minimum atomic E-state index is -3.03. The molecule has 0 atom stereocenters. The number of aryl methyl sites for hydroxylation is 2. The average molecular weight is 578 g/mol. The molecule has 0 bridgehead atoms. The topological polar surface area (TPSA) is 59.7 Å². The highest BCUT2D eigenvalue weighted by atomic mass is 31.2. The number of rotatable bonds is 16. The molecule has 0 spiro atoms. The quantitative estimate of drug-likeness (QED) is 0.0986. The molecule has 220 valence electrons. The summed E-state index contributed by atoms with van der Waals surface area (Å²) in [6, 6.07) is 17.5. The van der Waals surface area contributed by atoms with Gasteiger partial charge in [0.05, 0.1) is 24.8 Å². The maximum atomic E-state index is 12.9. The zero-order chi connectivity index (χ0) is 29.1. The number of carbonyl (C=O) groups is 1. The van der Waals surface area contributed by atoms with Gasteiger partial charge >= 0.3 is 7.60 Å². The fourth-order valence-electron chi connectivity index (χ4n) is 5.71. The smallest absolute Gasteiger partial charge is 0.330 e. The third-order valence-corrected chi connectivity index (χ3v) is 9.84. The molecule has 3 aromatic rings. The number of Topliss-reactive ketones (excluding diaryl/α,β-unsaturated/α-hetero) is 1. The van der Waals surface area contributed by atoms with E-state index in [9.17, 15) is 9.36 Å². The van der Waals surface area contributed by atoms with Crippen LogP contribution in [0.3, 0.4) is 0 Å². The summed E-state index contributed by atoms with van der Waals surface area (Å²) in [5, 5.41) is 1.19. The van der Waals surface area contributed by atoms with Gasteiger partial charge in [0.1, 0.15) is 12.3 Å². The van der Waals surface area contributed by atoms with Crippen LogP contribution in [0, 0.1) is 0 Å². The molecule has 6 nitrogen and oxygen atoms in total. The van der Waals surface area contributed by atoms with Crippen LogP contribution in [-0.2, 0) is 31.4 Å². The fourth-order valence-corrected chi connectivity index (χ4v) is 7.36. The summed E-state index contributed by atoms with van der Waals surface area (Å²) in [6.07, 6.45) is 13.9. The van der Waals surface area contributed by atoms with Crippen molar-refractivity contribution >= 4 is 42.1 Å². The molecule has 41 heavy (non-hydrogen) atoms. The number of ketones is 1. The van der Waals surface area contributed by atoms with E-state index in [0.29, 0.717) is 38.0 Å². The van der Waals surface area contributed by atoms with Crippen molar-refractivity contribution in [2.45, 2.75) is 72.3 Å². The number of carbonyl (C=O) groups excluding carboxylic acids is 1. The molecular formula is C34H46N2O4P+. The first-order valence-electron chi connectivity index (χ1n) is 15.3. The van der Waals surface area contributed by atoms with Gasteiger partial charge in [0.2, 0.25) is 5.52 Å². The predicted molar refractivity (Wildman–Crippen MR) is 170 cm³/mol. The molecule has 1 aliphatic rings. The van der Waals surface area contributed by atoms with Gasteiger partial charge in [-0.15, -0.1) is 0 Å². The highest BCUT2D eigenvalue weighted by Crippen LogP contribution is 2.48. The molecular weight excluding hydrogens is 531 g/mol. The van der Waals surface area contributed by atoms with Crippen LogP contribution in [-0.4, -0.2) is 38.2 Å². The molecule has 0 radical (unpaired) electrons. The number of hydrogen-bond acceptors (Lipinski definition) is 5. The van der Waals surface area contributed by atoms with E-state index >= 15 is 0 Å². The predicted octanol–water partition coefficient (Wildman–Crippen LogP) is 7.86. The van der Waals surface area contributed by atoms with Gasteiger partial charge in [-0.1, -0.05) is 36.8 Å². The summed E-state index contributed by atoms with van der Waals surface area (Å²) >= 11 is 0. The second-order valence-electron chi connectivity index (χ2n) is 10.8. The molecule has 0 amide bonds. The van der Waals surface area contributed by atoms with Crippen molar-refractivity contribution in [3.63, 3.8) is 0 Å². The Morgan fingerprint density at radius 1 is 1.00 bits per heavy atom. The third-order valence-electron chi connectivity index (χ3n) is 7.67. The van der Waals surface area contributed by atoms with E-state index in [-0.39, 0.29) is 0 Å². The molecule has 0 saturated carbocycles. The molecule has 0 aliphatic carbocycles. The molecule has 0 N–H and O–H groups in total. The Hall–Kier alpha value is -2.79. The number of nitrogens with zero attached hydrogens (tertiary/aromatic N) is 2. The minimum absolute atomic E-state index is 0.292. The summed E-state index contributed by atoms with van der Waals surface area (Å²) in [5.41, 5.74) is 6.34. The Bertz CT molecular complexity index is 1380. The number of aromatic nitrogens is 1. The standard InChI is InChI=1S/C34H46N2O4P/c1-4-39-41(38,40-5-2)26-12-24-36-25-21-30(32-15-8-9-16-34(32)36)19-17-29-18-20-33-31(27-29)14-11-23-35(33)22-10-6-7-13-28(3)37/h8-9,15-21,25,27H,4-7,10-14,22-24,26H2,1-3H3/q+1. The maximum absolute atomic E-state index is 12.9. The van der Waals surface area contributed by atoms with E-state index in [1.165, 1.54) is 34.2 Å². The van der Waals surface area contributed by atoms with E-state index in [4.69, 9.17) is 9.05 Å². The van der Waals surface area contributed by atoms with Crippen LogP contribution in [0.1, 0.15) is 76.0 Å². The SMILES string of the molecule is CCOP(=O)(CCC[n+]1ccc(C=Cc2ccc3c(c2)CCCN3CCCCCC(C)=O)c2ccccc21)OCC. The van der Waals surface area contributed by atoms with Gasteiger partial charge in [-0.05, 0) is 81.3 Å². The number of para-hydroxylation sites is 1. The zero-order valence-corrected chi connectivity index (χ0v) is 25.9.